The third-order valence-corrected chi connectivity index (χ3v) is 3.95. The van der Waals surface area contributed by atoms with Crippen LogP contribution < -0.4 is 10.6 Å². The predicted molar refractivity (Wildman–Crippen MR) is 100 cm³/mol. The highest BCUT2D eigenvalue weighted by Gasteiger charge is 2.15. The van der Waals surface area contributed by atoms with E-state index in [1.54, 1.807) is 48.5 Å². The lowest BCUT2D eigenvalue weighted by Gasteiger charge is -2.10. The van der Waals surface area contributed by atoms with Crippen molar-refractivity contribution in [3.63, 3.8) is 0 Å². The third-order valence-electron chi connectivity index (χ3n) is 3.64. The van der Waals surface area contributed by atoms with Gasteiger partial charge in [0.2, 0.25) is 0 Å². The molecule has 0 aliphatic heterocycles. The number of benzene rings is 3. The molecule has 0 saturated heterocycles. The normalized spacial score (nSPS) is 10.0. The van der Waals surface area contributed by atoms with E-state index in [1.807, 2.05) is 0 Å². The van der Waals surface area contributed by atoms with Crippen LogP contribution in [0.2, 0.25) is 5.02 Å². The Hall–Kier alpha value is -3.36. The topological polar surface area (TPSA) is 64.9 Å². The Labute approximate surface area is 154 Å². The van der Waals surface area contributed by atoms with Crippen molar-refractivity contribution >= 4 is 34.6 Å². The average molecular weight is 366 g/mol. The van der Waals surface area contributed by atoms with E-state index in [0.717, 1.165) is 11.4 Å². The van der Waals surface area contributed by atoms with E-state index < -0.39 is 11.7 Å². The molecule has 0 atom stereocenters. The first kappa shape index (κ1) is 17.5. The van der Waals surface area contributed by atoms with E-state index >= 15 is 0 Å². The number of anilines is 3. The van der Waals surface area contributed by atoms with E-state index in [2.05, 4.69) is 16.7 Å². The Morgan fingerprint density at radius 3 is 2.08 bits per heavy atom. The number of carbonyl (C=O) groups excluding carboxylic acids is 1. The summed E-state index contributed by atoms with van der Waals surface area (Å²) in [5.74, 6) is -1.28. The zero-order valence-electron chi connectivity index (χ0n) is 13.5. The lowest BCUT2D eigenvalue weighted by atomic mass is 10.2. The first-order chi connectivity index (χ1) is 12.6. The van der Waals surface area contributed by atoms with E-state index in [4.69, 9.17) is 16.9 Å². The number of nitriles is 1. The van der Waals surface area contributed by atoms with Gasteiger partial charge in [0.15, 0.2) is 0 Å². The number of nitrogens with one attached hydrogen (secondary N) is 2. The fourth-order valence-electron chi connectivity index (χ4n) is 2.34. The first-order valence-corrected chi connectivity index (χ1v) is 8.07. The smallest absolute Gasteiger partial charge is 0.260 e. The van der Waals surface area contributed by atoms with Crippen LogP contribution >= 0.6 is 11.6 Å². The molecule has 0 fully saturated rings. The number of carbonyl (C=O) groups is 1. The molecule has 0 saturated carbocycles. The highest BCUT2D eigenvalue weighted by molar-refractivity contribution is 6.34. The van der Waals surface area contributed by atoms with Crippen molar-refractivity contribution in [1.82, 2.24) is 0 Å². The SMILES string of the molecule is N#Cc1ccc(Nc2ccc(NC(=O)c3c(F)cccc3Cl)cc2)cc1. The Kier molecular flexibility index (Phi) is 5.16. The van der Waals surface area contributed by atoms with Crippen LogP contribution in [-0.4, -0.2) is 5.91 Å². The van der Waals surface area contributed by atoms with Crippen molar-refractivity contribution in [2.45, 2.75) is 0 Å². The Morgan fingerprint density at radius 1 is 0.923 bits per heavy atom. The van der Waals surface area contributed by atoms with Gasteiger partial charge in [0.25, 0.3) is 5.91 Å². The van der Waals surface area contributed by atoms with Crippen molar-refractivity contribution in [3.05, 3.63) is 88.7 Å². The molecule has 0 aliphatic carbocycles. The van der Waals surface area contributed by atoms with Crippen LogP contribution in [0.25, 0.3) is 0 Å². The maximum absolute atomic E-state index is 13.8. The van der Waals surface area contributed by atoms with Gasteiger partial charge in [-0.25, -0.2) is 4.39 Å². The number of amides is 1. The van der Waals surface area contributed by atoms with E-state index in [-0.39, 0.29) is 10.6 Å². The molecular formula is C20H13ClFN3O. The molecular weight excluding hydrogens is 353 g/mol. The summed E-state index contributed by atoms with van der Waals surface area (Å²) in [4.78, 5) is 12.2. The van der Waals surface area contributed by atoms with Crippen molar-refractivity contribution in [3.8, 4) is 6.07 Å². The van der Waals surface area contributed by atoms with Gasteiger partial charge in [-0.15, -0.1) is 0 Å². The van der Waals surface area contributed by atoms with Gasteiger partial charge in [-0.2, -0.15) is 5.26 Å². The molecule has 0 radical (unpaired) electrons. The van der Waals surface area contributed by atoms with Crippen molar-refractivity contribution in [2.75, 3.05) is 10.6 Å². The highest BCUT2D eigenvalue weighted by Crippen LogP contribution is 2.22. The van der Waals surface area contributed by atoms with E-state index in [1.165, 1.54) is 18.2 Å². The van der Waals surface area contributed by atoms with Crippen LogP contribution in [-0.2, 0) is 0 Å². The van der Waals surface area contributed by atoms with E-state index in [9.17, 15) is 9.18 Å². The molecule has 26 heavy (non-hydrogen) atoms. The zero-order chi connectivity index (χ0) is 18.5. The number of nitrogens with zero attached hydrogens (tertiary/aromatic N) is 1. The highest BCUT2D eigenvalue weighted by atomic mass is 35.5. The molecule has 0 heterocycles. The molecule has 0 spiro atoms. The van der Waals surface area contributed by atoms with Crippen LogP contribution in [0.3, 0.4) is 0 Å². The fourth-order valence-corrected chi connectivity index (χ4v) is 2.59. The first-order valence-electron chi connectivity index (χ1n) is 7.69. The summed E-state index contributed by atoms with van der Waals surface area (Å²) in [6.07, 6.45) is 0. The second kappa shape index (κ2) is 7.68. The van der Waals surface area contributed by atoms with Crippen LogP contribution in [0, 0.1) is 17.1 Å². The Morgan fingerprint density at radius 2 is 1.50 bits per heavy atom. The maximum atomic E-state index is 13.8. The summed E-state index contributed by atoms with van der Waals surface area (Å²) >= 11 is 5.90. The van der Waals surface area contributed by atoms with E-state index in [0.29, 0.717) is 11.3 Å². The molecule has 4 nitrogen and oxygen atoms in total. The zero-order valence-corrected chi connectivity index (χ0v) is 14.2. The summed E-state index contributed by atoms with van der Waals surface area (Å²) in [6.45, 7) is 0. The molecule has 3 aromatic rings. The van der Waals surface area contributed by atoms with Gasteiger partial charge >= 0.3 is 0 Å². The van der Waals surface area contributed by atoms with Gasteiger partial charge in [0.05, 0.1) is 22.2 Å². The molecule has 0 unspecified atom stereocenters. The Bertz CT molecular complexity index is 959. The predicted octanol–water partition coefficient (Wildman–Crippen LogP) is 5.35. The number of rotatable bonds is 4. The number of hydrogen-bond acceptors (Lipinski definition) is 3. The molecule has 128 valence electrons. The Balaban J connectivity index is 1.69. The molecule has 3 rings (SSSR count). The summed E-state index contributed by atoms with van der Waals surface area (Å²) in [5, 5.41) is 14.7. The minimum atomic E-state index is -0.672. The minimum Gasteiger partial charge on any atom is -0.356 e. The van der Waals surface area contributed by atoms with Crippen LogP contribution in [0.5, 0.6) is 0 Å². The van der Waals surface area contributed by atoms with Gasteiger partial charge in [0, 0.05) is 17.1 Å². The van der Waals surface area contributed by atoms with Crippen molar-refractivity contribution in [1.29, 1.82) is 5.26 Å². The minimum absolute atomic E-state index is 0.0570. The second-order valence-electron chi connectivity index (χ2n) is 5.44. The summed E-state index contributed by atoms with van der Waals surface area (Å²) in [7, 11) is 0. The largest absolute Gasteiger partial charge is 0.356 e. The third kappa shape index (κ3) is 4.00. The second-order valence-corrected chi connectivity index (χ2v) is 5.85. The summed E-state index contributed by atoms with van der Waals surface area (Å²) in [5.41, 5.74) is 2.55. The lowest BCUT2D eigenvalue weighted by Crippen LogP contribution is -2.14. The van der Waals surface area contributed by atoms with Gasteiger partial charge in [-0.05, 0) is 60.7 Å². The molecule has 6 heteroatoms. The number of hydrogen-bond donors (Lipinski definition) is 2. The summed E-state index contributed by atoms with van der Waals surface area (Å²) in [6, 6.07) is 20.1. The van der Waals surface area contributed by atoms with Crippen LogP contribution in [0.4, 0.5) is 21.5 Å². The van der Waals surface area contributed by atoms with Gasteiger partial charge in [0.1, 0.15) is 5.82 Å². The molecule has 3 aromatic carbocycles. The summed E-state index contributed by atoms with van der Waals surface area (Å²) < 4.78 is 13.8. The fraction of sp³-hybridized carbons (Fsp3) is 0. The quantitative estimate of drug-likeness (QED) is 0.655. The monoisotopic (exact) mass is 365 g/mol. The van der Waals surface area contributed by atoms with Crippen molar-refractivity contribution < 1.29 is 9.18 Å². The molecule has 1 amide bonds. The standard InChI is InChI=1S/C20H13ClFN3O/c21-17-2-1-3-18(22)19(17)20(26)25-16-10-8-15(9-11-16)24-14-6-4-13(12-23)5-7-14/h1-11,24H,(H,25,26). The van der Waals surface area contributed by atoms with Crippen LogP contribution in [0.1, 0.15) is 15.9 Å². The average Bonchev–Trinajstić information content (AvgIpc) is 2.64. The molecule has 0 bridgehead atoms. The number of halogens is 2. The van der Waals surface area contributed by atoms with Gasteiger partial charge in [-0.1, -0.05) is 17.7 Å². The van der Waals surface area contributed by atoms with Gasteiger partial charge < -0.3 is 10.6 Å². The van der Waals surface area contributed by atoms with Crippen LogP contribution in [0.15, 0.2) is 66.7 Å². The lowest BCUT2D eigenvalue weighted by molar-refractivity contribution is 0.102. The van der Waals surface area contributed by atoms with Gasteiger partial charge in [-0.3, -0.25) is 4.79 Å². The molecule has 0 aliphatic rings. The molecule has 0 aromatic heterocycles. The molecule has 2 N–H and O–H groups in total. The van der Waals surface area contributed by atoms with Crippen molar-refractivity contribution in [2.24, 2.45) is 0 Å². The maximum Gasteiger partial charge on any atom is 0.260 e.